The molecule has 0 saturated heterocycles. The number of carbonyl (C=O) groups excluding carboxylic acids is 1. The molecule has 0 saturated carbocycles. The van der Waals surface area contributed by atoms with Crippen molar-refractivity contribution in [3.05, 3.63) is 22.7 Å². The van der Waals surface area contributed by atoms with Crippen LogP contribution in [0.1, 0.15) is 6.92 Å². The molecule has 0 heterocycles. The quantitative estimate of drug-likeness (QED) is 0.805. The molecule has 0 aliphatic rings. The van der Waals surface area contributed by atoms with Gasteiger partial charge in [-0.15, -0.1) is 0 Å². The van der Waals surface area contributed by atoms with Crippen LogP contribution in [0.25, 0.3) is 0 Å². The summed E-state index contributed by atoms with van der Waals surface area (Å²) in [6.07, 6.45) is 0. The zero-order valence-electron chi connectivity index (χ0n) is 9.18. The number of anilines is 1. The summed E-state index contributed by atoms with van der Waals surface area (Å²) < 4.78 is 24.6. The number of rotatable bonds is 4. The Kier molecular flexibility index (Phi) is 4.16. The van der Waals surface area contributed by atoms with Crippen molar-refractivity contribution in [2.75, 3.05) is 11.5 Å². The second-order valence-corrected chi connectivity index (χ2v) is 6.69. The van der Waals surface area contributed by atoms with Crippen molar-refractivity contribution in [1.82, 2.24) is 0 Å². The highest BCUT2D eigenvalue weighted by Crippen LogP contribution is 2.24. The fourth-order valence-electron chi connectivity index (χ4n) is 1.30. The Hall–Kier alpha value is -1.08. The van der Waals surface area contributed by atoms with Crippen LogP contribution in [0.2, 0.25) is 0 Å². The van der Waals surface area contributed by atoms with Crippen LogP contribution < -0.4 is 11.5 Å². The number of nitrogen functional groups attached to an aromatic ring is 1. The van der Waals surface area contributed by atoms with Gasteiger partial charge in [-0.3, -0.25) is 4.79 Å². The summed E-state index contributed by atoms with van der Waals surface area (Å²) >= 11 is 3.19. The van der Waals surface area contributed by atoms with Crippen molar-refractivity contribution in [3.8, 4) is 0 Å². The number of hydrogen-bond donors (Lipinski definition) is 2. The van der Waals surface area contributed by atoms with Gasteiger partial charge in [0.1, 0.15) is 0 Å². The number of amides is 1. The third kappa shape index (κ3) is 3.44. The molecule has 1 aromatic rings. The Bertz CT molecular complexity index is 542. The molecule has 94 valence electrons. The molecule has 0 aliphatic heterocycles. The van der Waals surface area contributed by atoms with Crippen molar-refractivity contribution in [2.45, 2.75) is 11.8 Å². The summed E-state index contributed by atoms with van der Waals surface area (Å²) in [7, 11) is -3.60. The average molecular weight is 321 g/mol. The summed E-state index contributed by atoms with van der Waals surface area (Å²) in [5.41, 5.74) is 10.8. The lowest BCUT2D eigenvalue weighted by molar-refractivity contribution is -0.120. The molecule has 0 aliphatic carbocycles. The third-order valence-electron chi connectivity index (χ3n) is 2.26. The molecule has 0 aromatic heterocycles. The zero-order valence-corrected chi connectivity index (χ0v) is 11.6. The summed E-state index contributed by atoms with van der Waals surface area (Å²) in [5, 5.41) is 0. The SMILES string of the molecule is CC(CS(=O)(=O)c1ccc(Br)cc1N)C(N)=O. The molecule has 1 rings (SSSR count). The van der Waals surface area contributed by atoms with E-state index in [1.54, 1.807) is 6.07 Å². The van der Waals surface area contributed by atoms with Crippen molar-refractivity contribution in [3.63, 3.8) is 0 Å². The van der Waals surface area contributed by atoms with E-state index in [4.69, 9.17) is 11.5 Å². The van der Waals surface area contributed by atoms with E-state index in [0.29, 0.717) is 4.47 Å². The van der Waals surface area contributed by atoms with Gasteiger partial charge in [-0.25, -0.2) is 8.42 Å². The minimum atomic E-state index is -3.60. The van der Waals surface area contributed by atoms with Gasteiger partial charge in [0.15, 0.2) is 9.84 Å². The van der Waals surface area contributed by atoms with E-state index >= 15 is 0 Å². The second kappa shape index (κ2) is 5.05. The molecule has 1 unspecified atom stereocenters. The van der Waals surface area contributed by atoms with E-state index in [0.717, 1.165) is 0 Å². The molecule has 1 aromatic carbocycles. The van der Waals surface area contributed by atoms with Gasteiger partial charge in [-0.2, -0.15) is 0 Å². The van der Waals surface area contributed by atoms with Gasteiger partial charge in [-0.1, -0.05) is 22.9 Å². The molecular formula is C10H13BrN2O3S. The van der Waals surface area contributed by atoms with Gasteiger partial charge in [0.25, 0.3) is 0 Å². The number of sulfone groups is 1. The first-order valence-corrected chi connectivity index (χ1v) is 7.25. The van der Waals surface area contributed by atoms with Crippen LogP contribution >= 0.6 is 15.9 Å². The highest BCUT2D eigenvalue weighted by Gasteiger charge is 2.23. The van der Waals surface area contributed by atoms with Crippen LogP contribution in [0.5, 0.6) is 0 Å². The van der Waals surface area contributed by atoms with Gasteiger partial charge in [0.05, 0.1) is 16.3 Å². The first-order valence-electron chi connectivity index (χ1n) is 4.81. The van der Waals surface area contributed by atoms with Crippen LogP contribution in [0, 0.1) is 5.92 Å². The van der Waals surface area contributed by atoms with Crippen LogP contribution in [-0.2, 0) is 14.6 Å². The molecule has 0 radical (unpaired) electrons. The van der Waals surface area contributed by atoms with E-state index in [9.17, 15) is 13.2 Å². The van der Waals surface area contributed by atoms with Gasteiger partial charge >= 0.3 is 0 Å². The predicted octanol–water partition coefficient (Wildman–Crippen LogP) is 0.926. The van der Waals surface area contributed by atoms with Gasteiger partial charge in [0, 0.05) is 10.4 Å². The number of halogens is 1. The highest BCUT2D eigenvalue weighted by atomic mass is 79.9. The summed E-state index contributed by atoms with van der Waals surface area (Å²) in [6.45, 7) is 1.47. The Morgan fingerprint density at radius 1 is 1.47 bits per heavy atom. The maximum atomic E-state index is 12.0. The lowest BCUT2D eigenvalue weighted by Crippen LogP contribution is -2.27. The van der Waals surface area contributed by atoms with E-state index in [1.807, 2.05) is 0 Å². The van der Waals surface area contributed by atoms with Crippen molar-refractivity contribution in [1.29, 1.82) is 0 Å². The largest absolute Gasteiger partial charge is 0.398 e. The van der Waals surface area contributed by atoms with Gasteiger partial charge in [0.2, 0.25) is 5.91 Å². The number of nitrogens with two attached hydrogens (primary N) is 2. The lowest BCUT2D eigenvalue weighted by atomic mass is 10.2. The van der Waals surface area contributed by atoms with Crippen molar-refractivity contribution >= 4 is 37.4 Å². The van der Waals surface area contributed by atoms with Crippen LogP contribution in [0.3, 0.4) is 0 Å². The normalized spacial score (nSPS) is 13.3. The van der Waals surface area contributed by atoms with E-state index < -0.39 is 21.7 Å². The zero-order chi connectivity index (χ0) is 13.2. The maximum Gasteiger partial charge on any atom is 0.221 e. The van der Waals surface area contributed by atoms with Gasteiger partial charge in [-0.05, 0) is 18.2 Å². The van der Waals surface area contributed by atoms with E-state index in [2.05, 4.69) is 15.9 Å². The Morgan fingerprint density at radius 3 is 2.53 bits per heavy atom. The summed E-state index contributed by atoms with van der Waals surface area (Å²) in [4.78, 5) is 10.9. The third-order valence-corrected chi connectivity index (χ3v) is 4.74. The minimum absolute atomic E-state index is 0.0220. The molecule has 7 heteroatoms. The van der Waals surface area contributed by atoms with Crippen molar-refractivity contribution in [2.24, 2.45) is 11.7 Å². The summed E-state index contributed by atoms with van der Waals surface area (Å²) in [6, 6.07) is 4.49. The molecule has 4 N–H and O–H groups in total. The fourth-order valence-corrected chi connectivity index (χ4v) is 3.38. The Labute approximate surface area is 108 Å². The van der Waals surface area contributed by atoms with E-state index in [-0.39, 0.29) is 16.3 Å². The fraction of sp³-hybridized carbons (Fsp3) is 0.300. The number of benzene rings is 1. The molecule has 5 nitrogen and oxygen atoms in total. The predicted molar refractivity (Wildman–Crippen MR) is 69.0 cm³/mol. The minimum Gasteiger partial charge on any atom is -0.398 e. The monoisotopic (exact) mass is 320 g/mol. The molecule has 17 heavy (non-hydrogen) atoms. The first-order chi connectivity index (χ1) is 7.74. The number of primary amides is 1. The number of hydrogen-bond acceptors (Lipinski definition) is 4. The molecule has 0 fully saturated rings. The molecular weight excluding hydrogens is 308 g/mol. The molecule has 1 atom stereocenters. The average Bonchev–Trinajstić information content (AvgIpc) is 2.15. The Balaban J connectivity index is 3.10. The number of carbonyl (C=O) groups is 1. The Morgan fingerprint density at radius 2 is 2.06 bits per heavy atom. The maximum absolute atomic E-state index is 12.0. The first kappa shape index (κ1) is 14.0. The van der Waals surface area contributed by atoms with Crippen molar-refractivity contribution < 1.29 is 13.2 Å². The smallest absolute Gasteiger partial charge is 0.221 e. The van der Waals surface area contributed by atoms with Crippen LogP contribution in [-0.4, -0.2) is 20.1 Å². The standard InChI is InChI=1S/C10H13BrN2O3S/c1-6(10(13)14)5-17(15,16)9-3-2-7(11)4-8(9)12/h2-4,6H,5,12H2,1H3,(H2,13,14). The second-order valence-electron chi connectivity index (χ2n) is 3.77. The lowest BCUT2D eigenvalue weighted by Gasteiger charge is -2.10. The van der Waals surface area contributed by atoms with Gasteiger partial charge < -0.3 is 11.5 Å². The summed E-state index contributed by atoms with van der Waals surface area (Å²) in [5.74, 6) is -1.74. The molecule has 0 spiro atoms. The highest BCUT2D eigenvalue weighted by molar-refractivity contribution is 9.10. The van der Waals surface area contributed by atoms with Crippen LogP contribution in [0.15, 0.2) is 27.6 Å². The topological polar surface area (TPSA) is 103 Å². The molecule has 0 bridgehead atoms. The van der Waals surface area contributed by atoms with Crippen LogP contribution in [0.4, 0.5) is 5.69 Å². The van der Waals surface area contributed by atoms with E-state index in [1.165, 1.54) is 19.1 Å². The molecule has 1 amide bonds.